The van der Waals surface area contributed by atoms with E-state index in [9.17, 15) is 9.18 Å². The third kappa shape index (κ3) is 4.40. The molecule has 0 aliphatic carbocycles. The highest BCUT2D eigenvalue weighted by Gasteiger charge is 1.99. The van der Waals surface area contributed by atoms with Crippen LogP contribution in [0.1, 0.15) is 19.4 Å². The van der Waals surface area contributed by atoms with Gasteiger partial charge in [0.1, 0.15) is 5.82 Å². The molecule has 0 aliphatic rings. The molecule has 0 unspecified atom stereocenters. The average Bonchev–Trinajstić information content (AvgIpc) is 2.14. The lowest BCUT2D eigenvalue weighted by molar-refractivity contribution is -0.141. The fourth-order valence-corrected chi connectivity index (χ4v) is 1.05. The summed E-state index contributed by atoms with van der Waals surface area (Å²) in [7, 11) is 0. The van der Waals surface area contributed by atoms with Gasteiger partial charge in [0.15, 0.2) is 0 Å². The molecule has 1 rings (SSSR count). The number of hydrogen-bond acceptors (Lipinski definition) is 2. The number of rotatable bonds is 3. The summed E-state index contributed by atoms with van der Waals surface area (Å²) in [6.07, 6.45) is 2.66. The van der Waals surface area contributed by atoms with Crippen LogP contribution >= 0.6 is 0 Å². The molecule has 0 N–H and O–H groups in total. The Kier molecular flexibility index (Phi) is 4.03. The van der Waals surface area contributed by atoms with E-state index in [0.29, 0.717) is 5.56 Å². The average molecular weight is 208 g/mol. The van der Waals surface area contributed by atoms with Gasteiger partial charge in [-0.15, -0.1) is 0 Å². The molecule has 2 nitrogen and oxygen atoms in total. The molecule has 0 aliphatic heterocycles. The fraction of sp³-hybridized carbons (Fsp3) is 0.250. The number of ether oxygens (including phenoxy) is 1. The van der Waals surface area contributed by atoms with E-state index in [1.807, 2.05) is 0 Å². The summed E-state index contributed by atoms with van der Waals surface area (Å²) in [5.41, 5.74) is 0.635. The Hall–Kier alpha value is -1.64. The predicted molar refractivity (Wildman–Crippen MR) is 56.7 cm³/mol. The second-order valence-electron chi connectivity index (χ2n) is 3.37. The lowest BCUT2D eigenvalue weighted by Crippen LogP contribution is -2.08. The van der Waals surface area contributed by atoms with Gasteiger partial charge in [-0.25, -0.2) is 9.18 Å². The second kappa shape index (κ2) is 5.29. The van der Waals surface area contributed by atoms with Crippen molar-refractivity contribution in [3.63, 3.8) is 0 Å². The van der Waals surface area contributed by atoms with Crippen LogP contribution in [0.15, 0.2) is 30.3 Å². The number of carbonyl (C=O) groups excluding carboxylic acids is 1. The maximum absolute atomic E-state index is 12.8. The zero-order valence-electron chi connectivity index (χ0n) is 8.74. The molecule has 0 heterocycles. The van der Waals surface area contributed by atoms with Crippen molar-refractivity contribution in [2.75, 3.05) is 0 Å². The SMILES string of the molecule is CC(C)OC(=O)/C=C/c1cccc(F)c1. The molecule has 0 spiro atoms. The summed E-state index contributed by atoms with van der Waals surface area (Å²) in [5.74, 6) is -0.747. The first-order valence-corrected chi connectivity index (χ1v) is 4.72. The first-order chi connectivity index (χ1) is 7.08. The molecule has 0 atom stereocenters. The molecule has 0 radical (unpaired) electrons. The van der Waals surface area contributed by atoms with Gasteiger partial charge in [0, 0.05) is 6.08 Å². The number of hydrogen-bond donors (Lipinski definition) is 0. The van der Waals surface area contributed by atoms with Crippen LogP contribution in [0.4, 0.5) is 4.39 Å². The maximum atomic E-state index is 12.8. The maximum Gasteiger partial charge on any atom is 0.331 e. The molecule has 1 aromatic rings. The van der Waals surface area contributed by atoms with Gasteiger partial charge in [-0.05, 0) is 37.6 Å². The number of benzene rings is 1. The largest absolute Gasteiger partial charge is 0.460 e. The molecule has 15 heavy (non-hydrogen) atoms. The predicted octanol–water partition coefficient (Wildman–Crippen LogP) is 2.79. The Morgan fingerprint density at radius 3 is 2.80 bits per heavy atom. The van der Waals surface area contributed by atoms with E-state index < -0.39 is 5.97 Å². The van der Waals surface area contributed by atoms with Crippen molar-refractivity contribution in [3.8, 4) is 0 Å². The van der Waals surface area contributed by atoms with Crippen LogP contribution in [-0.4, -0.2) is 12.1 Å². The topological polar surface area (TPSA) is 26.3 Å². The molecular weight excluding hydrogens is 195 g/mol. The number of carbonyl (C=O) groups is 1. The Morgan fingerprint density at radius 2 is 2.20 bits per heavy atom. The van der Waals surface area contributed by atoms with Gasteiger partial charge in [0.25, 0.3) is 0 Å². The minimum absolute atomic E-state index is 0.144. The summed E-state index contributed by atoms with van der Waals surface area (Å²) in [5, 5.41) is 0. The minimum atomic E-state index is -0.422. The zero-order chi connectivity index (χ0) is 11.3. The lowest BCUT2D eigenvalue weighted by Gasteiger charge is -2.03. The lowest BCUT2D eigenvalue weighted by atomic mass is 10.2. The minimum Gasteiger partial charge on any atom is -0.460 e. The summed E-state index contributed by atoms with van der Waals surface area (Å²) in [6, 6.07) is 5.99. The Bertz CT molecular complexity index is 370. The van der Waals surface area contributed by atoms with Gasteiger partial charge in [0.05, 0.1) is 6.10 Å². The van der Waals surface area contributed by atoms with E-state index >= 15 is 0 Å². The monoisotopic (exact) mass is 208 g/mol. The van der Waals surface area contributed by atoms with E-state index in [0.717, 1.165) is 0 Å². The first-order valence-electron chi connectivity index (χ1n) is 4.72. The van der Waals surface area contributed by atoms with Crippen molar-refractivity contribution in [2.24, 2.45) is 0 Å². The van der Waals surface area contributed by atoms with E-state index in [1.54, 1.807) is 26.0 Å². The summed E-state index contributed by atoms with van der Waals surface area (Å²) < 4.78 is 17.6. The second-order valence-corrected chi connectivity index (χ2v) is 3.37. The highest BCUT2D eigenvalue weighted by Crippen LogP contribution is 2.05. The Balaban J connectivity index is 2.61. The molecule has 0 saturated heterocycles. The highest BCUT2D eigenvalue weighted by molar-refractivity contribution is 5.87. The molecule has 1 aromatic carbocycles. The molecule has 80 valence electrons. The standard InChI is InChI=1S/C12H13FO2/c1-9(2)15-12(14)7-6-10-4-3-5-11(13)8-10/h3-9H,1-2H3/b7-6+. The van der Waals surface area contributed by atoms with E-state index in [4.69, 9.17) is 4.74 Å². The van der Waals surface area contributed by atoms with Gasteiger partial charge in [-0.3, -0.25) is 0 Å². The highest BCUT2D eigenvalue weighted by atomic mass is 19.1. The van der Waals surface area contributed by atoms with Crippen molar-refractivity contribution < 1.29 is 13.9 Å². The van der Waals surface area contributed by atoms with Crippen LogP contribution in [0, 0.1) is 5.82 Å². The van der Waals surface area contributed by atoms with Crippen LogP contribution in [0.2, 0.25) is 0 Å². The van der Waals surface area contributed by atoms with Crippen molar-refractivity contribution in [1.82, 2.24) is 0 Å². The Morgan fingerprint density at radius 1 is 1.47 bits per heavy atom. The van der Waals surface area contributed by atoms with Gasteiger partial charge < -0.3 is 4.74 Å². The van der Waals surface area contributed by atoms with Crippen molar-refractivity contribution in [3.05, 3.63) is 41.7 Å². The molecule has 0 saturated carbocycles. The first kappa shape index (κ1) is 11.4. The molecular formula is C12H13FO2. The van der Waals surface area contributed by atoms with E-state index in [2.05, 4.69) is 0 Å². The van der Waals surface area contributed by atoms with Gasteiger partial charge in [0.2, 0.25) is 0 Å². The van der Waals surface area contributed by atoms with Gasteiger partial charge in [-0.1, -0.05) is 12.1 Å². The van der Waals surface area contributed by atoms with Gasteiger partial charge >= 0.3 is 5.97 Å². The molecule has 0 fully saturated rings. The molecule has 0 amide bonds. The van der Waals surface area contributed by atoms with Crippen LogP contribution in [0.3, 0.4) is 0 Å². The van der Waals surface area contributed by atoms with Crippen LogP contribution in [-0.2, 0) is 9.53 Å². The van der Waals surface area contributed by atoms with Crippen LogP contribution in [0.5, 0.6) is 0 Å². The molecule has 3 heteroatoms. The number of esters is 1. The van der Waals surface area contributed by atoms with Crippen molar-refractivity contribution >= 4 is 12.0 Å². The third-order valence-corrected chi connectivity index (χ3v) is 1.61. The fourth-order valence-electron chi connectivity index (χ4n) is 1.05. The summed E-state index contributed by atoms with van der Waals surface area (Å²) >= 11 is 0. The summed E-state index contributed by atoms with van der Waals surface area (Å²) in [6.45, 7) is 3.54. The third-order valence-electron chi connectivity index (χ3n) is 1.61. The molecule has 0 bridgehead atoms. The van der Waals surface area contributed by atoms with Crippen LogP contribution in [0.25, 0.3) is 6.08 Å². The van der Waals surface area contributed by atoms with Crippen molar-refractivity contribution in [1.29, 1.82) is 0 Å². The Labute approximate surface area is 88.4 Å². The normalized spacial score (nSPS) is 10.9. The summed E-state index contributed by atoms with van der Waals surface area (Å²) in [4.78, 5) is 11.1. The van der Waals surface area contributed by atoms with E-state index in [1.165, 1.54) is 24.3 Å². The molecule has 0 aromatic heterocycles. The zero-order valence-corrected chi connectivity index (χ0v) is 8.74. The van der Waals surface area contributed by atoms with Gasteiger partial charge in [-0.2, -0.15) is 0 Å². The van der Waals surface area contributed by atoms with E-state index in [-0.39, 0.29) is 11.9 Å². The smallest absolute Gasteiger partial charge is 0.331 e. The number of halogens is 1. The quantitative estimate of drug-likeness (QED) is 0.564. The van der Waals surface area contributed by atoms with Crippen molar-refractivity contribution in [2.45, 2.75) is 20.0 Å². The van der Waals surface area contributed by atoms with Crippen LogP contribution < -0.4 is 0 Å².